The highest BCUT2D eigenvalue weighted by Crippen LogP contribution is 2.67. The van der Waals surface area contributed by atoms with Gasteiger partial charge < -0.3 is 29.3 Å². The molecule has 1 N–H and O–H groups in total. The van der Waals surface area contributed by atoms with Crippen LogP contribution in [-0.2, 0) is 19.1 Å². The summed E-state index contributed by atoms with van der Waals surface area (Å²) in [5, 5.41) is 10.8. The molecule has 49 heavy (non-hydrogen) atoms. The molecule has 4 aliphatic rings. The summed E-state index contributed by atoms with van der Waals surface area (Å²) in [5.41, 5.74) is 1.45. The summed E-state index contributed by atoms with van der Waals surface area (Å²) >= 11 is 1.64. The van der Waals surface area contributed by atoms with E-state index in [0.717, 1.165) is 25.1 Å². The van der Waals surface area contributed by atoms with Gasteiger partial charge in [0.25, 0.3) is 0 Å². The first-order chi connectivity index (χ1) is 23.9. The van der Waals surface area contributed by atoms with Gasteiger partial charge in [-0.05, 0) is 49.6 Å². The minimum absolute atomic E-state index is 0.112. The minimum atomic E-state index is -0.849. The highest BCUT2D eigenvalue weighted by Gasteiger charge is 2.74. The number of fused-ring (bicyclic) bond motifs is 1. The van der Waals surface area contributed by atoms with Crippen molar-refractivity contribution in [2.75, 3.05) is 70.6 Å². The number of likely N-dealkylation sites (tertiary alicyclic amines) is 1. The van der Waals surface area contributed by atoms with E-state index in [1.54, 1.807) is 38.6 Å². The molecule has 2 bridgehead atoms. The molecular formula is C38H48N4O6S. The van der Waals surface area contributed by atoms with Gasteiger partial charge in [-0.3, -0.25) is 19.3 Å². The number of nitrogens with zero attached hydrogens (tertiary/aromatic N) is 4. The second-order valence-electron chi connectivity index (χ2n) is 13.1. The van der Waals surface area contributed by atoms with Crippen LogP contribution in [0.15, 0.2) is 79.9 Å². The molecule has 0 aliphatic carbocycles. The van der Waals surface area contributed by atoms with Gasteiger partial charge in [0.1, 0.15) is 11.8 Å². The summed E-state index contributed by atoms with van der Waals surface area (Å²) in [6.45, 7) is 14.6. The number of rotatable bonds is 15. The lowest BCUT2D eigenvalue weighted by atomic mass is 9.70. The molecule has 262 valence electrons. The van der Waals surface area contributed by atoms with E-state index >= 15 is 0 Å². The molecule has 2 unspecified atom stereocenters. The normalized spacial score (nSPS) is 26.7. The number of morpholine rings is 1. The van der Waals surface area contributed by atoms with Gasteiger partial charge in [-0.15, -0.1) is 24.9 Å². The number of ether oxygens (including phenoxy) is 2. The molecule has 2 aromatic rings. The molecule has 6 atom stereocenters. The molecule has 10 nitrogen and oxygen atoms in total. The van der Waals surface area contributed by atoms with E-state index in [1.807, 2.05) is 61.5 Å². The van der Waals surface area contributed by atoms with Crippen molar-refractivity contribution >= 4 is 35.2 Å². The molecule has 4 saturated heterocycles. The average Bonchev–Trinajstić information content (AvgIpc) is 3.78. The van der Waals surface area contributed by atoms with Crippen molar-refractivity contribution in [3.05, 3.63) is 85.5 Å². The quantitative estimate of drug-likeness (QED) is 0.283. The lowest BCUT2D eigenvalue weighted by Crippen LogP contribution is -2.56. The van der Waals surface area contributed by atoms with E-state index in [1.165, 1.54) is 0 Å². The van der Waals surface area contributed by atoms with Crippen LogP contribution < -0.4 is 9.64 Å². The standard InChI is InChI=1S/C38H48N4O6S/c1-4-18-40(21-20-39-22-24-47-25-23-39)37(46)34-38-17-16-31(49-38)32(33(38)36(45)42(34)30(26-43)27-10-8-7-9-11-27)35(44)41(19-5-2)28-12-14-29(15-13-28)48-6-3/h4-5,7-15,30-34,43H,1-2,6,16-26H2,3H3/t30-,31+,32-,33+,34?,38?/m1/s1. The van der Waals surface area contributed by atoms with Crippen molar-refractivity contribution in [3.63, 3.8) is 0 Å². The highest BCUT2D eigenvalue weighted by atomic mass is 32.2. The predicted octanol–water partition coefficient (Wildman–Crippen LogP) is 3.78. The summed E-state index contributed by atoms with van der Waals surface area (Å²) in [7, 11) is 0. The van der Waals surface area contributed by atoms with E-state index in [0.29, 0.717) is 57.3 Å². The van der Waals surface area contributed by atoms with Gasteiger partial charge in [-0.2, -0.15) is 0 Å². The van der Waals surface area contributed by atoms with Crippen LogP contribution in [0.3, 0.4) is 0 Å². The van der Waals surface area contributed by atoms with Gasteiger partial charge in [-0.25, -0.2) is 0 Å². The average molecular weight is 689 g/mol. The van der Waals surface area contributed by atoms with Crippen LogP contribution in [0.1, 0.15) is 31.4 Å². The molecule has 0 aromatic heterocycles. The van der Waals surface area contributed by atoms with Gasteiger partial charge in [-0.1, -0.05) is 42.5 Å². The van der Waals surface area contributed by atoms with Gasteiger partial charge in [0.05, 0.1) is 49.1 Å². The molecule has 4 aliphatic heterocycles. The molecular weight excluding hydrogens is 641 g/mol. The fourth-order valence-corrected chi connectivity index (χ4v) is 10.4. The predicted molar refractivity (Wildman–Crippen MR) is 191 cm³/mol. The minimum Gasteiger partial charge on any atom is -0.494 e. The number of hydrogen-bond donors (Lipinski definition) is 1. The number of carbonyl (C=O) groups is 3. The van der Waals surface area contributed by atoms with Crippen molar-refractivity contribution in [2.24, 2.45) is 11.8 Å². The Morgan fingerprint density at radius 2 is 1.80 bits per heavy atom. The molecule has 4 fully saturated rings. The SMILES string of the molecule is C=CCN(CCN1CCOCC1)C(=O)C1N([C@H](CO)c2ccccc2)C(=O)[C@@H]2[C@H](C(=O)N(CC=C)c3ccc(OCC)cc3)[C@@H]3CCC12S3. The summed E-state index contributed by atoms with van der Waals surface area (Å²) in [6.07, 6.45) is 4.78. The number of anilines is 1. The first-order valence-electron chi connectivity index (χ1n) is 17.4. The number of amides is 3. The Bertz CT molecular complexity index is 1500. The second kappa shape index (κ2) is 15.5. The van der Waals surface area contributed by atoms with E-state index in [2.05, 4.69) is 18.1 Å². The topological polar surface area (TPSA) is 103 Å². The Balaban J connectivity index is 1.37. The molecule has 0 radical (unpaired) electrons. The lowest BCUT2D eigenvalue weighted by Gasteiger charge is -2.40. The van der Waals surface area contributed by atoms with Crippen LogP contribution in [-0.4, -0.2) is 119 Å². The Labute approximate surface area is 293 Å². The van der Waals surface area contributed by atoms with Gasteiger partial charge >= 0.3 is 0 Å². The van der Waals surface area contributed by atoms with E-state index in [-0.39, 0.29) is 36.1 Å². The summed E-state index contributed by atoms with van der Waals surface area (Å²) in [5.74, 6) is -1.18. The molecule has 6 rings (SSSR count). The van der Waals surface area contributed by atoms with Crippen molar-refractivity contribution in [3.8, 4) is 5.75 Å². The zero-order valence-electron chi connectivity index (χ0n) is 28.3. The van der Waals surface area contributed by atoms with Crippen molar-refractivity contribution in [1.29, 1.82) is 0 Å². The maximum absolute atomic E-state index is 15.0. The van der Waals surface area contributed by atoms with Crippen molar-refractivity contribution < 1.29 is 29.0 Å². The molecule has 3 amide bonds. The zero-order chi connectivity index (χ0) is 34.5. The van der Waals surface area contributed by atoms with Gasteiger partial charge in [0.15, 0.2) is 0 Å². The monoisotopic (exact) mass is 688 g/mol. The number of aliphatic hydroxyl groups excluding tert-OH is 1. The van der Waals surface area contributed by atoms with E-state index < -0.39 is 28.7 Å². The molecule has 0 saturated carbocycles. The van der Waals surface area contributed by atoms with Crippen LogP contribution in [0.25, 0.3) is 0 Å². The van der Waals surface area contributed by atoms with E-state index in [4.69, 9.17) is 9.47 Å². The van der Waals surface area contributed by atoms with Crippen LogP contribution in [0.4, 0.5) is 5.69 Å². The number of benzene rings is 2. The second-order valence-corrected chi connectivity index (χ2v) is 14.7. The first-order valence-corrected chi connectivity index (χ1v) is 18.3. The Morgan fingerprint density at radius 3 is 2.45 bits per heavy atom. The Hall–Kier alpha value is -3.64. The van der Waals surface area contributed by atoms with Gasteiger partial charge in [0.2, 0.25) is 17.7 Å². The van der Waals surface area contributed by atoms with E-state index in [9.17, 15) is 19.5 Å². The maximum Gasteiger partial charge on any atom is 0.247 e. The number of thioether (sulfide) groups is 1. The lowest BCUT2D eigenvalue weighted by molar-refractivity contribution is -0.146. The smallest absolute Gasteiger partial charge is 0.247 e. The van der Waals surface area contributed by atoms with Gasteiger partial charge in [0, 0.05) is 50.2 Å². The third-order valence-electron chi connectivity index (χ3n) is 10.4. The Kier molecular flexibility index (Phi) is 11.1. The number of aliphatic hydroxyl groups is 1. The first kappa shape index (κ1) is 35.2. The molecule has 2 aromatic carbocycles. The van der Waals surface area contributed by atoms with Crippen LogP contribution in [0.2, 0.25) is 0 Å². The number of carbonyl (C=O) groups excluding carboxylic acids is 3. The summed E-state index contributed by atoms with van der Waals surface area (Å²) in [6, 6.07) is 15.2. The maximum atomic E-state index is 15.0. The third kappa shape index (κ3) is 6.66. The van der Waals surface area contributed by atoms with Crippen LogP contribution in [0.5, 0.6) is 5.75 Å². The van der Waals surface area contributed by atoms with Crippen LogP contribution in [0, 0.1) is 11.8 Å². The third-order valence-corrected chi connectivity index (χ3v) is 12.4. The largest absolute Gasteiger partial charge is 0.494 e. The summed E-state index contributed by atoms with van der Waals surface area (Å²) in [4.78, 5) is 52.1. The van der Waals surface area contributed by atoms with Crippen LogP contribution >= 0.6 is 11.8 Å². The Morgan fingerprint density at radius 1 is 1.08 bits per heavy atom. The molecule has 4 heterocycles. The zero-order valence-corrected chi connectivity index (χ0v) is 29.1. The summed E-state index contributed by atoms with van der Waals surface area (Å²) < 4.78 is 10.3. The fraction of sp³-hybridized carbons (Fsp3) is 0.500. The molecule has 1 spiro atoms. The van der Waals surface area contributed by atoms with Crippen molar-refractivity contribution in [1.82, 2.24) is 14.7 Å². The highest BCUT2D eigenvalue weighted by molar-refractivity contribution is 8.02. The van der Waals surface area contributed by atoms with Crippen molar-refractivity contribution in [2.45, 2.75) is 41.8 Å². The fourth-order valence-electron chi connectivity index (χ4n) is 8.24. The number of hydrogen-bond acceptors (Lipinski definition) is 8. The molecule has 11 heteroatoms.